The van der Waals surface area contributed by atoms with Gasteiger partial charge in [-0.05, 0) is 61.1 Å². The van der Waals surface area contributed by atoms with Crippen LogP contribution in [0.2, 0.25) is 4.34 Å². The Kier molecular flexibility index (Phi) is 4.29. The number of aryl methyl sites for hydroxylation is 2. The van der Waals surface area contributed by atoms with E-state index in [1.165, 1.54) is 41.7 Å². The summed E-state index contributed by atoms with van der Waals surface area (Å²) >= 11 is 7.51. The van der Waals surface area contributed by atoms with E-state index in [9.17, 15) is 0 Å². The summed E-state index contributed by atoms with van der Waals surface area (Å²) in [6, 6.07) is 10.3. The number of rotatable bonds is 4. The second-order valence-electron chi connectivity index (χ2n) is 5.12. The van der Waals surface area contributed by atoms with E-state index in [0.29, 0.717) is 6.54 Å². The van der Waals surface area contributed by atoms with Crippen LogP contribution in [-0.2, 0) is 12.8 Å². The van der Waals surface area contributed by atoms with Crippen molar-refractivity contribution in [2.24, 2.45) is 5.73 Å². The van der Waals surface area contributed by atoms with Crippen molar-refractivity contribution in [1.29, 1.82) is 0 Å². The zero-order valence-electron chi connectivity index (χ0n) is 11.3. The molecule has 0 bridgehead atoms. The summed E-state index contributed by atoms with van der Waals surface area (Å²) in [6.07, 6.45) is 4.80. The van der Waals surface area contributed by atoms with Crippen molar-refractivity contribution >= 4 is 22.9 Å². The molecule has 0 aliphatic heterocycles. The van der Waals surface area contributed by atoms with Crippen LogP contribution in [0.15, 0.2) is 30.3 Å². The summed E-state index contributed by atoms with van der Waals surface area (Å²) in [5, 5.41) is 0. The minimum Gasteiger partial charge on any atom is -0.484 e. The third-order valence-corrected chi connectivity index (χ3v) is 5.05. The Bertz CT molecular complexity index is 596. The average molecular weight is 308 g/mol. The monoisotopic (exact) mass is 307 g/mol. The van der Waals surface area contributed by atoms with Gasteiger partial charge in [0.1, 0.15) is 11.9 Å². The Hall–Kier alpha value is -1.03. The van der Waals surface area contributed by atoms with E-state index in [1.54, 1.807) is 0 Å². The topological polar surface area (TPSA) is 35.2 Å². The number of fused-ring (bicyclic) bond motifs is 1. The van der Waals surface area contributed by atoms with E-state index in [4.69, 9.17) is 22.1 Å². The Balaban J connectivity index is 1.79. The molecule has 3 rings (SSSR count). The maximum atomic E-state index is 6.06. The molecule has 0 saturated heterocycles. The lowest BCUT2D eigenvalue weighted by atomic mass is 9.92. The minimum atomic E-state index is -0.117. The van der Waals surface area contributed by atoms with E-state index in [-0.39, 0.29) is 6.10 Å². The smallest absolute Gasteiger partial charge is 0.145 e. The molecule has 0 saturated carbocycles. The fourth-order valence-corrected chi connectivity index (χ4v) is 3.77. The molecule has 106 valence electrons. The summed E-state index contributed by atoms with van der Waals surface area (Å²) in [5.41, 5.74) is 8.73. The molecule has 1 aromatic carbocycles. The Morgan fingerprint density at radius 2 is 1.95 bits per heavy atom. The number of thiophene rings is 1. The van der Waals surface area contributed by atoms with Gasteiger partial charge in [0.2, 0.25) is 0 Å². The van der Waals surface area contributed by atoms with E-state index in [2.05, 4.69) is 18.2 Å². The predicted octanol–water partition coefficient (Wildman–Crippen LogP) is 4.36. The zero-order valence-corrected chi connectivity index (χ0v) is 12.8. The van der Waals surface area contributed by atoms with Crippen molar-refractivity contribution in [1.82, 2.24) is 0 Å². The van der Waals surface area contributed by atoms with Gasteiger partial charge in [-0.1, -0.05) is 17.7 Å². The number of halogens is 1. The third-order valence-electron chi connectivity index (χ3n) is 3.72. The molecule has 2 N–H and O–H groups in total. The average Bonchev–Trinajstić information content (AvgIpc) is 2.91. The molecule has 1 aromatic heterocycles. The highest BCUT2D eigenvalue weighted by atomic mass is 35.5. The number of hydrogen-bond donors (Lipinski definition) is 1. The molecule has 1 aliphatic carbocycles. The van der Waals surface area contributed by atoms with Gasteiger partial charge in [-0.25, -0.2) is 0 Å². The predicted molar refractivity (Wildman–Crippen MR) is 84.8 cm³/mol. The lowest BCUT2D eigenvalue weighted by molar-refractivity contribution is 0.217. The van der Waals surface area contributed by atoms with Crippen LogP contribution in [0.5, 0.6) is 5.75 Å². The van der Waals surface area contributed by atoms with Gasteiger partial charge in [0.05, 0.1) is 4.34 Å². The summed E-state index contributed by atoms with van der Waals surface area (Å²) in [7, 11) is 0. The summed E-state index contributed by atoms with van der Waals surface area (Å²) in [6.45, 7) is 0.452. The maximum Gasteiger partial charge on any atom is 0.145 e. The third kappa shape index (κ3) is 3.00. The number of ether oxygens (including phenoxy) is 1. The van der Waals surface area contributed by atoms with E-state index in [0.717, 1.165) is 21.4 Å². The standard InChI is InChI=1S/C16H18ClNOS/c17-16-8-7-15(20-16)14(10-18)19-13-6-5-11-3-1-2-4-12(11)9-13/h5-9,14H,1-4,10,18H2. The highest BCUT2D eigenvalue weighted by Crippen LogP contribution is 2.31. The Morgan fingerprint density at radius 3 is 2.65 bits per heavy atom. The van der Waals surface area contributed by atoms with Crippen LogP contribution in [0.1, 0.15) is 34.9 Å². The molecule has 0 fully saturated rings. The number of hydrogen-bond acceptors (Lipinski definition) is 3. The molecular weight excluding hydrogens is 290 g/mol. The van der Waals surface area contributed by atoms with Crippen LogP contribution < -0.4 is 10.5 Å². The molecule has 2 aromatic rings. The van der Waals surface area contributed by atoms with Crippen molar-refractivity contribution in [3.63, 3.8) is 0 Å². The van der Waals surface area contributed by atoms with Crippen LogP contribution >= 0.6 is 22.9 Å². The Labute approximate surface area is 128 Å². The van der Waals surface area contributed by atoms with Crippen LogP contribution in [0.4, 0.5) is 0 Å². The zero-order chi connectivity index (χ0) is 13.9. The molecule has 2 nitrogen and oxygen atoms in total. The highest BCUT2D eigenvalue weighted by molar-refractivity contribution is 7.16. The first kappa shape index (κ1) is 13.9. The molecule has 20 heavy (non-hydrogen) atoms. The molecule has 4 heteroatoms. The second-order valence-corrected chi connectivity index (χ2v) is 6.87. The van der Waals surface area contributed by atoms with E-state index < -0.39 is 0 Å². The van der Waals surface area contributed by atoms with Gasteiger partial charge in [-0.15, -0.1) is 11.3 Å². The summed E-state index contributed by atoms with van der Waals surface area (Å²) < 4.78 is 6.83. The van der Waals surface area contributed by atoms with Gasteiger partial charge in [0.15, 0.2) is 0 Å². The van der Waals surface area contributed by atoms with Gasteiger partial charge in [0, 0.05) is 11.4 Å². The van der Waals surface area contributed by atoms with Crippen LogP contribution in [0.3, 0.4) is 0 Å². The van der Waals surface area contributed by atoms with Gasteiger partial charge in [0.25, 0.3) is 0 Å². The molecule has 1 aliphatic rings. The van der Waals surface area contributed by atoms with Gasteiger partial charge in [-0.3, -0.25) is 0 Å². The van der Waals surface area contributed by atoms with Crippen LogP contribution in [-0.4, -0.2) is 6.54 Å². The molecular formula is C16H18ClNOS. The molecule has 0 radical (unpaired) electrons. The number of nitrogens with two attached hydrogens (primary N) is 1. The summed E-state index contributed by atoms with van der Waals surface area (Å²) in [4.78, 5) is 1.08. The summed E-state index contributed by atoms with van der Waals surface area (Å²) in [5.74, 6) is 0.908. The van der Waals surface area contributed by atoms with Gasteiger partial charge < -0.3 is 10.5 Å². The molecule has 1 unspecified atom stereocenters. The first-order valence-corrected chi connectivity index (χ1v) is 8.19. The second kappa shape index (κ2) is 6.17. The quantitative estimate of drug-likeness (QED) is 0.911. The molecule has 1 atom stereocenters. The fraction of sp³-hybridized carbons (Fsp3) is 0.375. The van der Waals surface area contributed by atoms with E-state index in [1.807, 2.05) is 12.1 Å². The van der Waals surface area contributed by atoms with Gasteiger partial charge >= 0.3 is 0 Å². The van der Waals surface area contributed by atoms with Crippen LogP contribution in [0.25, 0.3) is 0 Å². The number of benzene rings is 1. The first-order valence-electron chi connectivity index (χ1n) is 7.00. The van der Waals surface area contributed by atoms with Crippen molar-refractivity contribution in [2.45, 2.75) is 31.8 Å². The molecule has 0 amide bonds. The van der Waals surface area contributed by atoms with E-state index >= 15 is 0 Å². The van der Waals surface area contributed by atoms with Crippen molar-refractivity contribution in [3.8, 4) is 5.75 Å². The molecule has 0 spiro atoms. The SMILES string of the molecule is NCC(Oc1ccc2c(c1)CCCC2)c1ccc(Cl)s1. The van der Waals surface area contributed by atoms with Gasteiger partial charge in [-0.2, -0.15) is 0 Å². The first-order chi connectivity index (χ1) is 9.76. The Morgan fingerprint density at radius 1 is 1.15 bits per heavy atom. The normalized spacial score (nSPS) is 15.7. The van der Waals surface area contributed by atoms with Crippen molar-refractivity contribution in [3.05, 3.63) is 50.7 Å². The minimum absolute atomic E-state index is 0.117. The van der Waals surface area contributed by atoms with Crippen LogP contribution in [0, 0.1) is 0 Å². The van der Waals surface area contributed by atoms with Crippen molar-refractivity contribution < 1.29 is 4.74 Å². The highest BCUT2D eigenvalue weighted by Gasteiger charge is 2.16. The molecule has 1 heterocycles. The fourth-order valence-electron chi connectivity index (χ4n) is 2.67. The maximum absolute atomic E-state index is 6.06. The van der Waals surface area contributed by atoms with Crippen molar-refractivity contribution in [2.75, 3.05) is 6.54 Å². The lowest BCUT2D eigenvalue weighted by Gasteiger charge is -2.20. The largest absolute Gasteiger partial charge is 0.484 e. The lowest BCUT2D eigenvalue weighted by Crippen LogP contribution is -2.17.